The third-order valence-electron chi connectivity index (χ3n) is 3.60. The van der Waals surface area contributed by atoms with Gasteiger partial charge in [-0.15, -0.1) is 0 Å². The Hall–Kier alpha value is -0.0800. The molecule has 1 fully saturated rings. The highest BCUT2D eigenvalue weighted by Crippen LogP contribution is 2.28. The lowest BCUT2D eigenvalue weighted by Gasteiger charge is -2.34. The molecule has 0 amide bonds. The van der Waals surface area contributed by atoms with Crippen LogP contribution < -0.4 is 5.32 Å². The van der Waals surface area contributed by atoms with Crippen LogP contribution in [0.25, 0.3) is 0 Å². The van der Waals surface area contributed by atoms with E-state index in [1.807, 2.05) is 7.11 Å². The maximum Gasteiger partial charge on any atom is 0.0724 e. The van der Waals surface area contributed by atoms with Gasteiger partial charge in [-0.25, -0.2) is 0 Å². The molecule has 84 valence electrons. The van der Waals surface area contributed by atoms with Gasteiger partial charge in [0.25, 0.3) is 0 Å². The Kier molecular flexibility index (Phi) is 5.49. The SMILES string of the molecule is CCC(OC)C(NC)C1CCCCC1. The number of hydrogen-bond acceptors (Lipinski definition) is 2. The van der Waals surface area contributed by atoms with Gasteiger partial charge in [0, 0.05) is 13.2 Å². The second-order valence-electron chi connectivity index (χ2n) is 4.39. The van der Waals surface area contributed by atoms with Crippen LogP contribution in [-0.4, -0.2) is 26.3 Å². The van der Waals surface area contributed by atoms with Crippen LogP contribution in [0.3, 0.4) is 0 Å². The Morgan fingerprint density at radius 1 is 1.29 bits per heavy atom. The third kappa shape index (κ3) is 2.96. The van der Waals surface area contributed by atoms with Gasteiger partial charge >= 0.3 is 0 Å². The van der Waals surface area contributed by atoms with Crippen LogP contribution in [0, 0.1) is 5.92 Å². The Bertz CT molecular complexity index is 139. The van der Waals surface area contributed by atoms with E-state index in [-0.39, 0.29) is 0 Å². The highest BCUT2D eigenvalue weighted by Gasteiger charge is 2.28. The molecule has 1 rings (SSSR count). The Morgan fingerprint density at radius 2 is 1.93 bits per heavy atom. The topological polar surface area (TPSA) is 21.3 Å². The molecule has 0 aliphatic heterocycles. The molecule has 2 unspecified atom stereocenters. The third-order valence-corrected chi connectivity index (χ3v) is 3.60. The number of likely N-dealkylation sites (N-methyl/N-ethyl adjacent to an activating group) is 1. The summed E-state index contributed by atoms with van der Waals surface area (Å²) in [4.78, 5) is 0. The first kappa shape index (κ1) is 12.0. The Labute approximate surface area is 88.4 Å². The molecule has 2 heteroatoms. The molecule has 0 heterocycles. The lowest BCUT2D eigenvalue weighted by Crippen LogP contribution is -2.45. The van der Waals surface area contributed by atoms with Crippen LogP contribution in [0.4, 0.5) is 0 Å². The molecule has 2 atom stereocenters. The molecule has 0 radical (unpaired) electrons. The first-order valence-electron chi connectivity index (χ1n) is 6.03. The molecule has 2 nitrogen and oxygen atoms in total. The van der Waals surface area contributed by atoms with Crippen molar-refractivity contribution in [2.45, 2.75) is 57.6 Å². The fourth-order valence-corrected chi connectivity index (χ4v) is 2.79. The summed E-state index contributed by atoms with van der Waals surface area (Å²) in [5, 5.41) is 3.45. The first-order valence-corrected chi connectivity index (χ1v) is 6.03. The molecule has 1 aliphatic rings. The summed E-state index contributed by atoms with van der Waals surface area (Å²) in [5.41, 5.74) is 0. The van der Waals surface area contributed by atoms with E-state index in [0.29, 0.717) is 12.1 Å². The number of nitrogens with one attached hydrogen (secondary N) is 1. The van der Waals surface area contributed by atoms with Crippen molar-refractivity contribution in [3.05, 3.63) is 0 Å². The summed E-state index contributed by atoms with van der Waals surface area (Å²) < 4.78 is 5.54. The summed E-state index contributed by atoms with van der Waals surface area (Å²) >= 11 is 0. The predicted octanol–water partition coefficient (Wildman–Crippen LogP) is 2.58. The number of rotatable bonds is 5. The van der Waals surface area contributed by atoms with Gasteiger partial charge in [0.1, 0.15) is 0 Å². The minimum Gasteiger partial charge on any atom is -0.380 e. The number of methoxy groups -OCH3 is 1. The second kappa shape index (κ2) is 6.41. The van der Waals surface area contributed by atoms with E-state index in [2.05, 4.69) is 19.3 Å². The molecular formula is C12H25NO. The van der Waals surface area contributed by atoms with Crippen molar-refractivity contribution >= 4 is 0 Å². The molecule has 0 aromatic heterocycles. The average molecular weight is 199 g/mol. The van der Waals surface area contributed by atoms with Crippen molar-refractivity contribution in [1.29, 1.82) is 0 Å². The maximum absolute atomic E-state index is 5.54. The van der Waals surface area contributed by atoms with E-state index in [0.717, 1.165) is 12.3 Å². The molecule has 0 aromatic rings. The average Bonchev–Trinajstić information content (AvgIpc) is 2.27. The van der Waals surface area contributed by atoms with Gasteiger partial charge in [-0.2, -0.15) is 0 Å². The van der Waals surface area contributed by atoms with Gasteiger partial charge in [0.05, 0.1) is 6.10 Å². The molecule has 0 aromatic carbocycles. The predicted molar refractivity (Wildman–Crippen MR) is 60.5 cm³/mol. The van der Waals surface area contributed by atoms with Crippen LogP contribution in [0.2, 0.25) is 0 Å². The Morgan fingerprint density at radius 3 is 2.36 bits per heavy atom. The lowest BCUT2D eigenvalue weighted by molar-refractivity contribution is 0.0397. The van der Waals surface area contributed by atoms with E-state index in [9.17, 15) is 0 Å². The van der Waals surface area contributed by atoms with E-state index >= 15 is 0 Å². The first-order chi connectivity index (χ1) is 6.83. The smallest absolute Gasteiger partial charge is 0.0724 e. The van der Waals surface area contributed by atoms with Crippen LogP contribution in [-0.2, 0) is 4.74 Å². The number of ether oxygens (including phenoxy) is 1. The fraction of sp³-hybridized carbons (Fsp3) is 1.00. The second-order valence-corrected chi connectivity index (χ2v) is 4.39. The normalized spacial score (nSPS) is 23.4. The van der Waals surface area contributed by atoms with Crippen molar-refractivity contribution < 1.29 is 4.74 Å². The van der Waals surface area contributed by atoms with Gasteiger partial charge in [-0.05, 0) is 32.2 Å². The van der Waals surface area contributed by atoms with E-state index in [4.69, 9.17) is 4.74 Å². The van der Waals surface area contributed by atoms with Crippen LogP contribution in [0.5, 0.6) is 0 Å². The molecule has 0 bridgehead atoms. The zero-order valence-electron chi connectivity index (χ0n) is 9.88. The van der Waals surface area contributed by atoms with Crippen molar-refractivity contribution in [3.8, 4) is 0 Å². The van der Waals surface area contributed by atoms with Crippen molar-refractivity contribution in [2.24, 2.45) is 5.92 Å². The summed E-state index contributed by atoms with van der Waals surface area (Å²) in [7, 11) is 3.91. The van der Waals surface area contributed by atoms with Crippen molar-refractivity contribution in [1.82, 2.24) is 5.32 Å². The quantitative estimate of drug-likeness (QED) is 0.735. The molecule has 1 saturated carbocycles. The van der Waals surface area contributed by atoms with Crippen molar-refractivity contribution in [2.75, 3.05) is 14.2 Å². The monoisotopic (exact) mass is 199 g/mol. The van der Waals surface area contributed by atoms with Crippen LogP contribution in [0.15, 0.2) is 0 Å². The summed E-state index contributed by atoms with van der Waals surface area (Å²) in [5.74, 6) is 0.832. The Balaban J connectivity index is 2.49. The van der Waals surface area contributed by atoms with E-state index in [1.54, 1.807) is 0 Å². The molecule has 0 spiro atoms. The molecule has 0 saturated heterocycles. The summed E-state index contributed by atoms with van der Waals surface area (Å²) in [6.07, 6.45) is 8.50. The summed E-state index contributed by atoms with van der Waals surface area (Å²) in [6.45, 7) is 2.21. The van der Waals surface area contributed by atoms with E-state index < -0.39 is 0 Å². The van der Waals surface area contributed by atoms with Gasteiger partial charge in [0.15, 0.2) is 0 Å². The molecule has 14 heavy (non-hydrogen) atoms. The largest absolute Gasteiger partial charge is 0.380 e. The maximum atomic E-state index is 5.54. The van der Waals surface area contributed by atoms with Crippen LogP contribution >= 0.6 is 0 Å². The van der Waals surface area contributed by atoms with Crippen LogP contribution in [0.1, 0.15) is 45.4 Å². The van der Waals surface area contributed by atoms with Gasteiger partial charge < -0.3 is 10.1 Å². The summed E-state index contributed by atoms with van der Waals surface area (Å²) in [6, 6.07) is 0.560. The van der Waals surface area contributed by atoms with Gasteiger partial charge in [-0.1, -0.05) is 26.2 Å². The minimum absolute atomic E-state index is 0.392. The fourth-order valence-electron chi connectivity index (χ4n) is 2.79. The molecule has 1 N–H and O–H groups in total. The zero-order chi connectivity index (χ0) is 10.4. The standard InChI is InChI=1S/C12H25NO/c1-4-11(14-3)12(13-2)10-8-6-5-7-9-10/h10-13H,4-9H2,1-3H3. The van der Waals surface area contributed by atoms with E-state index in [1.165, 1.54) is 32.1 Å². The van der Waals surface area contributed by atoms with Gasteiger partial charge in [0.2, 0.25) is 0 Å². The van der Waals surface area contributed by atoms with Crippen molar-refractivity contribution in [3.63, 3.8) is 0 Å². The molecule has 1 aliphatic carbocycles. The van der Waals surface area contributed by atoms with Gasteiger partial charge in [-0.3, -0.25) is 0 Å². The molecular weight excluding hydrogens is 174 g/mol. The lowest BCUT2D eigenvalue weighted by atomic mass is 9.81. The zero-order valence-corrected chi connectivity index (χ0v) is 9.88. The highest BCUT2D eigenvalue weighted by atomic mass is 16.5. The highest BCUT2D eigenvalue weighted by molar-refractivity contribution is 4.84. The number of hydrogen-bond donors (Lipinski definition) is 1. The minimum atomic E-state index is 0.392.